The van der Waals surface area contributed by atoms with E-state index in [1.54, 1.807) is 31.2 Å². The standard InChI is InChI=1S/C19H17N3O2/c1-12(13-6-9-15(20)10-7-13)21-22-19(24)18-16-5-3-2-4-14(16)8-11-17(18)23/h2-11,23H,20H2,1H3,(H,22,24)/b21-12-. The van der Waals surface area contributed by atoms with Crippen molar-refractivity contribution in [1.29, 1.82) is 0 Å². The number of hydrazone groups is 1. The molecule has 0 aromatic heterocycles. The van der Waals surface area contributed by atoms with Gasteiger partial charge in [-0.3, -0.25) is 4.79 Å². The van der Waals surface area contributed by atoms with Gasteiger partial charge < -0.3 is 10.8 Å². The third-order valence-electron chi connectivity index (χ3n) is 3.79. The summed E-state index contributed by atoms with van der Waals surface area (Å²) in [4.78, 5) is 12.5. The Balaban J connectivity index is 1.89. The number of aromatic hydroxyl groups is 1. The molecule has 1 amide bonds. The molecule has 24 heavy (non-hydrogen) atoms. The minimum absolute atomic E-state index is 0.0773. The van der Waals surface area contributed by atoms with E-state index in [0.29, 0.717) is 16.8 Å². The molecule has 4 N–H and O–H groups in total. The first-order valence-corrected chi connectivity index (χ1v) is 7.47. The maximum absolute atomic E-state index is 12.5. The summed E-state index contributed by atoms with van der Waals surface area (Å²) in [6.07, 6.45) is 0. The number of nitrogens with two attached hydrogens (primary N) is 1. The van der Waals surface area contributed by atoms with Gasteiger partial charge in [-0.2, -0.15) is 5.10 Å². The molecule has 0 heterocycles. The molecule has 0 aliphatic rings. The maximum Gasteiger partial charge on any atom is 0.275 e. The Labute approximate surface area is 139 Å². The van der Waals surface area contributed by atoms with E-state index in [1.165, 1.54) is 6.07 Å². The van der Waals surface area contributed by atoms with Crippen LogP contribution in [0.25, 0.3) is 10.8 Å². The van der Waals surface area contributed by atoms with Crippen LogP contribution in [0.1, 0.15) is 22.8 Å². The van der Waals surface area contributed by atoms with Crippen molar-refractivity contribution in [1.82, 2.24) is 5.43 Å². The number of fused-ring (bicyclic) bond motifs is 1. The van der Waals surface area contributed by atoms with Crippen molar-refractivity contribution in [3.05, 3.63) is 71.8 Å². The SMILES string of the molecule is C/C(=N/NC(=O)c1c(O)ccc2ccccc12)c1ccc(N)cc1. The van der Waals surface area contributed by atoms with Gasteiger partial charge in [0.05, 0.1) is 11.3 Å². The molecule has 5 nitrogen and oxygen atoms in total. The second kappa shape index (κ2) is 6.42. The zero-order valence-electron chi connectivity index (χ0n) is 13.2. The summed E-state index contributed by atoms with van der Waals surface area (Å²) < 4.78 is 0. The highest BCUT2D eigenvalue weighted by molar-refractivity contribution is 6.10. The molecular weight excluding hydrogens is 302 g/mol. The summed E-state index contributed by atoms with van der Waals surface area (Å²) in [5.74, 6) is -0.536. The third kappa shape index (κ3) is 3.05. The predicted octanol–water partition coefficient (Wildman–Crippen LogP) is 3.28. The Morgan fingerprint density at radius 2 is 1.75 bits per heavy atom. The minimum atomic E-state index is -0.459. The molecule has 0 radical (unpaired) electrons. The van der Waals surface area contributed by atoms with Gasteiger partial charge in [-0.25, -0.2) is 5.43 Å². The fourth-order valence-electron chi connectivity index (χ4n) is 2.48. The predicted molar refractivity (Wildman–Crippen MR) is 96.1 cm³/mol. The molecule has 0 fully saturated rings. The first-order valence-electron chi connectivity index (χ1n) is 7.47. The van der Waals surface area contributed by atoms with Crippen molar-refractivity contribution in [3.63, 3.8) is 0 Å². The number of phenols is 1. The van der Waals surface area contributed by atoms with Gasteiger partial charge in [0.1, 0.15) is 5.75 Å². The van der Waals surface area contributed by atoms with Crippen molar-refractivity contribution in [2.75, 3.05) is 5.73 Å². The van der Waals surface area contributed by atoms with E-state index in [-0.39, 0.29) is 11.3 Å². The molecule has 3 aromatic carbocycles. The Kier molecular flexibility index (Phi) is 4.16. The normalized spacial score (nSPS) is 11.5. The minimum Gasteiger partial charge on any atom is -0.507 e. The second-order valence-corrected chi connectivity index (χ2v) is 5.44. The number of nitrogens with zero attached hydrogens (tertiary/aromatic N) is 1. The van der Waals surface area contributed by atoms with Crippen LogP contribution >= 0.6 is 0 Å². The molecule has 0 atom stereocenters. The Bertz CT molecular complexity index is 931. The highest BCUT2D eigenvalue weighted by atomic mass is 16.3. The van der Waals surface area contributed by atoms with Gasteiger partial charge in [-0.15, -0.1) is 0 Å². The first-order chi connectivity index (χ1) is 11.6. The lowest BCUT2D eigenvalue weighted by Gasteiger charge is -2.08. The lowest BCUT2D eigenvalue weighted by molar-refractivity contribution is 0.0954. The Morgan fingerprint density at radius 1 is 1.04 bits per heavy atom. The molecule has 120 valence electrons. The number of benzene rings is 3. The van der Waals surface area contributed by atoms with E-state index in [4.69, 9.17) is 5.73 Å². The zero-order valence-corrected chi connectivity index (χ0v) is 13.2. The van der Waals surface area contributed by atoms with Crippen LogP contribution in [0.2, 0.25) is 0 Å². The van der Waals surface area contributed by atoms with Crippen LogP contribution < -0.4 is 11.2 Å². The number of nitrogens with one attached hydrogen (secondary N) is 1. The number of rotatable bonds is 3. The number of nitrogen functional groups attached to an aromatic ring is 1. The highest BCUT2D eigenvalue weighted by Gasteiger charge is 2.14. The van der Waals surface area contributed by atoms with Crippen LogP contribution in [0.15, 0.2) is 65.8 Å². The van der Waals surface area contributed by atoms with E-state index in [9.17, 15) is 9.90 Å². The topological polar surface area (TPSA) is 87.7 Å². The molecule has 5 heteroatoms. The van der Waals surface area contributed by atoms with E-state index in [1.807, 2.05) is 30.3 Å². The number of anilines is 1. The molecule has 0 bridgehead atoms. The van der Waals surface area contributed by atoms with Crippen molar-refractivity contribution in [3.8, 4) is 5.75 Å². The summed E-state index contributed by atoms with van der Waals surface area (Å²) in [5, 5.41) is 15.7. The van der Waals surface area contributed by atoms with Crippen molar-refractivity contribution in [2.24, 2.45) is 5.10 Å². The number of carbonyl (C=O) groups excluding carboxylic acids is 1. The van der Waals surface area contributed by atoms with Crippen molar-refractivity contribution >= 4 is 28.1 Å². The number of hydrogen-bond acceptors (Lipinski definition) is 4. The third-order valence-corrected chi connectivity index (χ3v) is 3.79. The largest absolute Gasteiger partial charge is 0.507 e. The van der Waals surface area contributed by atoms with Crippen LogP contribution in [-0.4, -0.2) is 16.7 Å². The van der Waals surface area contributed by atoms with Crippen LogP contribution in [0.4, 0.5) is 5.69 Å². The Morgan fingerprint density at radius 3 is 2.50 bits per heavy atom. The molecular formula is C19H17N3O2. The van der Waals surface area contributed by atoms with Crippen LogP contribution in [0, 0.1) is 0 Å². The van der Waals surface area contributed by atoms with Crippen molar-refractivity contribution in [2.45, 2.75) is 6.92 Å². The van der Waals surface area contributed by atoms with Gasteiger partial charge in [0.15, 0.2) is 0 Å². The van der Waals surface area contributed by atoms with E-state index >= 15 is 0 Å². The number of phenolic OH excluding ortho intramolecular Hbond substituents is 1. The van der Waals surface area contributed by atoms with Gasteiger partial charge in [0.25, 0.3) is 5.91 Å². The average molecular weight is 319 g/mol. The zero-order chi connectivity index (χ0) is 17.1. The molecule has 0 saturated heterocycles. The van der Waals surface area contributed by atoms with Crippen molar-refractivity contribution < 1.29 is 9.90 Å². The molecule has 0 unspecified atom stereocenters. The van der Waals surface area contributed by atoms with Gasteiger partial charge in [-0.1, -0.05) is 42.5 Å². The van der Waals surface area contributed by atoms with Gasteiger partial charge in [0.2, 0.25) is 0 Å². The van der Waals surface area contributed by atoms with E-state index in [0.717, 1.165) is 10.9 Å². The van der Waals surface area contributed by atoms with Crippen LogP contribution in [0.3, 0.4) is 0 Å². The molecule has 3 aromatic rings. The van der Waals surface area contributed by atoms with E-state index in [2.05, 4.69) is 10.5 Å². The lowest BCUT2D eigenvalue weighted by Crippen LogP contribution is -2.19. The van der Waals surface area contributed by atoms with Gasteiger partial charge in [-0.05, 0) is 41.5 Å². The molecule has 0 aliphatic heterocycles. The lowest BCUT2D eigenvalue weighted by atomic mass is 10.0. The summed E-state index contributed by atoms with van der Waals surface area (Å²) in [6, 6.07) is 17.9. The number of hydrogen-bond donors (Lipinski definition) is 3. The monoisotopic (exact) mass is 319 g/mol. The number of amides is 1. The molecule has 3 rings (SSSR count). The van der Waals surface area contributed by atoms with Crippen LogP contribution in [0.5, 0.6) is 5.75 Å². The molecule has 0 aliphatic carbocycles. The maximum atomic E-state index is 12.5. The summed E-state index contributed by atoms with van der Waals surface area (Å²) in [5.41, 5.74) is 10.5. The first kappa shape index (κ1) is 15.6. The quantitative estimate of drug-likeness (QED) is 0.393. The van der Waals surface area contributed by atoms with E-state index < -0.39 is 5.91 Å². The second-order valence-electron chi connectivity index (χ2n) is 5.44. The smallest absolute Gasteiger partial charge is 0.275 e. The van der Waals surface area contributed by atoms with Gasteiger partial charge in [0, 0.05) is 5.69 Å². The summed E-state index contributed by atoms with van der Waals surface area (Å²) in [6.45, 7) is 1.79. The highest BCUT2D eigenvalue weighted by Crippen LogP contribution is 2.26. The molecule has 0 saturated carbocycles. The fraction of sp³-hybridized carbons (Fsp3) is 0.0526. The fourth-order valence-corrected chi connectivity index (χ4v) is 2.48. The number of carbonyl (C=O) groups is 1. The van der Waals surface area contributed by atoms with Gasteiger partial charge >= 0.3 is 0 Å². The summed E-state index contributed by atoms with van der Waals surface area (Å²) in [7, 11) is 0. The Hall–Kier alpha value is -3.34. The summed E-state index contributed by atoms with van der Waals surface area (Å²) >= 11 is 0. The molecule has 0 spiro atoms. The average Bonchev–Trinajstić information content (AvgIpc) is 2.60. The van der Waals surface area contributed by atoms with Crippen LogP contribution in [-0.2, 0) is 0 Å².